The summed E-state index contributed by atoms with van der Waals surface area (Å²) in [5, 5.41) is 22.1. The van der Waals surface area contributed by atoms with E-state index >= 15 is 0 Å². The van der Waals surface area contributed by atoms with E-state index < -0.39 is 36.1 Å². The van der Waals surface area contributed by atoms with E-state index in [0.29, 0.717) is 58.2 Å². The number of hydrogen-bond acceptors (Lipinski definition) is 9. The number of hydrogen-bond donors (Lipinski definition) is 5. The zero-order valence-corrected chi connectivity index (χ0v) is 28.8. The second kappa shape index (κ2) is 23.9. The summed E-state index contributed by atoms with van der Waals surface area (Å²) in [5.41, 5.74) is 13.3. The lowest BCUT2D eigenvalue weighted by Gasteiger charge is -2.45. The van der Waals surface area contributed by atoms with Gasteiger partial charge < -0.3 is 36.8 Å². The third-order valence-electron chi connectivity index (χ3n) is 8.92. The van der Waals surface area contributed by atoms with Crippen LogP contribution in [0.15, 0.2) is 60.7 Å². The van der Waals surface area contributed by atoms with Crippen LogP contribution >= 0.6 is 0 Å². The van der Waals surface area contributed by atoms with Crippen LogP contribution in [-0.4, -0.2) is 100 Å². The van der Waals surface area contributed by atoms with Gasteiger partial charge in [-0.15, -0.1) is 0 Å². The Kier molecular flexibility index (Phi) is 19.9. The van der Waals surface area contributed by atoms with E-state index in [-0.39, 0.29) is 18.0 Å². The van der Waals surface area contributed by atoms with Crippen LogP contribution in [0.1, 0.15) is 75.3 Å². The van der Waals surface area contributed by atoms with Crippen molar-refractivity contribution in [3.05, 3.63) is 71.8 Å². The number of carbonyl (C=O) groups is 4. The number of carboxylic acid groups (broad SMARTS) is 2. The van der Waals surface area contributed by atoms with Gasteiger partial charge in [-0.25, -0.2) is 4.79 Å². The summed E-state index contributed by atoms with van der Waals surface area (Å²) in [6, 6.07) is 17.2. The van der Waals surface area contributed by atoms with E-state index in [1.807, 2.05) is 48.5 Å². The van der Waals surface area contributed by atoms with E-state index in [4.69, 9.17) is 26.2 Å². The number of aliphatic carboxylic acids is 2. The fourth-order valence-corrected chi connectivity index (χ4v) is 6.39. The van der Waals surface area contributed by atoms with Crippen LogP contribution in [0.3, 0.4) is 0 Å². The standard InChI is InChI=1S/C21H29N3O4.C15H24N2O2.CO2/c22-13-5-4-9-17-19(25)23-14-6-10-16(23)20(26)24(17)18(21(27)28)12-11-15-7-2-1-3-8-15;16-11-5-4-10-14(15(18)19)17-12-6-9-13-7-2-1-3-8-13;2-1-3/h1-3,7-8,16-18H,4-6,9-14,22H2,(H,27,28);1-3,7-8,14,17H,4-6,9-12,16H2,(H,18,19);/t16-,17-,18?;14-;/m00./s1. The molecule has 2 aliphatic heterocycles. The monoisotopic (exact) mass is 695 g/mol. The fraction of sp³-hybridized carbons (Fsp3) is 0.541. The highest BCUT2D eigenvalue weighted by molar-refractivity contribution is 5.99. The first kappa shape index (κ1) is 41.7. The Bertz CT molecular complexity index is 1340. The molecule has 0 spiro atoms. The molecule has 2 aromatic carbocycles. The van der Waals surface area contributed by atoms with Crippen molar-refractivity contribution in [2.45, 2.75) is 101 Å². The lowest BCUT2D eigenvalue weighted by Crippen LogP contribution is -2.66. The molecule has 2 fully saturated rings. The molecule has 2 heterocycles. The van der Waals surface area contributed by atoms with Crippen molar-refractivity contribution in [2.24, 2.45) is 11.5 Å². The number of unbranched alkanes of at least 4 members (excludes halogenated alkanes) is 2. The van der Waals surface area contributed by atoms with Crippen LogP contribution in [0.25, 0.3) is 0 Å². The van der Waals surface area contributed by atoms with Gasteiger partial charge in [-0.2, -0.15) is 9.59 Å². The number of nitrogens with zero attached hydrogens (tertiary/aromatic N) is 2. The number of fused-ring (bicyclic) bond motifs is 1. The predicted octanol–water partition coefficient (Wildman–Crippen LogP) is 2.61. The zero-order valence-electron chi connectivity index (χ0n) is 28.8. The van der Waals surface area contributed by atoms with E-state index in [0.717, 1.165) is 50.6 Å². The van der Waals surface area contributed by atoms with Crippen LogP contribution in [0.5, 0.6) is 0 Å². The molecule has 50 heavy (non-hydrogen) atoms. The third-order valence-corrected chi connectivity index (χ3v) is 8.92. The number of carbonyl (C=O) groups excluding carboxylic acids is 4. The number of benzene rings is 2. The molecule has 0 saturated carbocycles. The molecule has 4 rings (SSSR count). The number of carboxylic acids is 2. The van der Waals surface area contributed by atoms with Crippen LogP contribution < -0.4 is 16.8 Å². The molecule has 7 N–H and O–H groups in total. The molecule has 4 atom stereocenters. The van der Waals surface area contributed by atoms with E-state index in [1.54, 1.807) is 4.90 Å². The first-order chi connectivity index (χ1) is 24.2. The highest BCUT2D eigenvalue weighted by atomic mass is 16.4. The Morgan fingerprint density at radius 2 is 1.38 bits per heavy atom. The maximum Gasteiger partial charge on any atom is 0.373 e. The highest BCUT2D eigenvalue weighted by Crippen LogP contribution is 2.31. The van der Waals surface area contributed by atoms with E-state index in [2.05, 4.69) is 17.4 Å². The summed E-state index contributed by atoms with van der Waals surface area (Å²) in [4.78, 5) is 68.7. The van der Waals surface area contributed by atoms with Crippen molar-refractivity contribution in [3.8, 4) is 0 Å². The molecule has 0 bridgehead atoms. The van der Waals surface area contributed by atoms with Crippen LogP contribution in [-0.2, 0) is 41.6 Å². The van der Waals surface area contributed by atoms with Gasteiger partial charge in [0.05, 0.1) is 0 Å². The minimum Gasteiger partial charge on any atom is -0.480 e. The first-order valence-electron chi connectivity index (χ1n) is 17.5. The number of amides is 2. The molecule has 2 saturated heterocycles. The zero-order chi connectivity index (χ0) is 36.7. The smallest absolute Gasteiger partial charge is 0.373 e. The minimum atomic E-state index is -1.05. The fourth-order valence-electron chi connectivity index (χ4n) is 6.39. The van der Waals surface area contributed by atoms with Crippen molar-refractivity contribution in [3.63, 3.8) is 0 Å². The quantitative estimate of drug-likeness (QED) is 0.135. The lowest BCUT2D eigenvalue weighted by atomic mass is 9.95. The van der Waals surface area contributed by atoms with Crippen molar-refractivity contribution in [1.82, 2.24) is 15.1 Å². The van der Waals surface area contributed by atoms with Crippen molar-refractivity contribution in [1.29, 1.82) is 0 Å². The van der Waals surface area contributed by atoms with Gasteiger partial charge in [-0.3, -0.25) is 14.4 Å². The minimum absolute atomic E-state index is 0.106. The maximum absolute atomic E-state index is 13.2. The molecule has 13 heteroatoms. The summed E-state index contributed by atoms with van der Waals surface area (Å²) in [6.45, 7) is 2.45. The Morgan fingerprint density at radius 3 is 1.94 bits per heavy atom. The SMILES string of the molecule is NCCCC[C@H](NCCCc1ccccc1)C(=O)O.NCCCC[C@H]1C(=O)N2CCC[C@H]2C(=O)N1C(CCc1ccccc1)C(=O)O.O=C=O. The van der Waals surface area contributed by atoms with Gasteiger partial charge >= 0.3 is 18.1 Å². The predicted molar refractivity (Wildman–Crippen MR) is 187 cm³/mol. The Morgan fingerprint density at radius 1 is 0.800 bits per heavy atom. The van der Waals surface area contributed by atoms with Crippen molar-refractivity contribution in [2.75, 3.05) is 26.2 Å². The molecule has 0 aliphatic carbocycles. The number of piperazine rings is 1. The Labute approximate surface area is 294 Å². The van der Waals surface area contributed by atoms with Crippen LogP contribution in [0, 0.1) is 0 Å². The summed E-state index contributed by atoms with van der Waals surface area (Å²) >= 11 is 0. The Balaban J connectivity index is 0.000000343. The van der Waals surface area contributed by atoms with Gasteiger partial charge in [0.2, 0.25) is 11.8 Å². The van der Waals surface area contributed by atoms with E-state index in [9.17, 15) is 24.3 Å². The molecule has 0 aromatic heterocycles. The largest absolute Gasteiger partial charge is 0.480 e. The van der Waals surface area contributed by atoms with Gasteiger partial charge in [-0.05, 0) is 101 Å². The lowest BCUT2D eigenvalue weighted by molar-refractivity contribution is -0.191. The van der Waals surface area contributed by atoms with Crippen LogP contribution in [0.4, 0.5) is 0 Å². The number of aryl methyl sites for hydroxylation is 2. The van der Waals surface area contributed by atoms with Gasteiger partial charge in [0.25, 0.3) is 0 Å². The second-order valence-corrected chi connectivity index (χ2v) is 12.4. The average Bonchev–Trinajstić information content (AvgIpc) is 3.61. The summed E-state index contributed by atoms with van der Waals surface area (Å²) in [5.74, 6) is -2.13. The van der Waals surface area contributed by atoms with Gasteiger partial charge in [0, 0.05) is 6.54 Å². The van der Waals surface area contributed by atoms with Crippen molar-refractivity contribution >= 4 is 29.9 Å². The van der Waals surface area contributed by atoms with Gasteiger partial charge in [0.15, 0.2) is 0 Å². The molecule has 0 radical (unpaired) electrons. The van der Waals surface area contributed by atoms with Gasteiger partial charge in [-0.1, -0.05) is 67.1 Å². The van der Waals surface area contributed by atoms with Crippen LogP contribution in [0.2, 0.25) is 0 Å². The van der Waals surface area contributed by atoms with E-state index in [1.165, 1.54) is 10.5 Å². The summed E-state index contributed by atoms with van der Waals surface area (Å²) < 4.78 is 0. The molecular formula is C37H53N5O8. The number of nitrogens with two attached hydrogens (primary N) is 2. The van der Waals surface area contributed by atoms with Crippen molar-refractivity contribution < 1.29 is 39.0 Å². The third kappa shape index (κ3) is 13.8. The molecular weight excluding hydrogens is 642 g/mol. The molecule has 274 valence electrons. The maximum atomic E-state index is 13.2. The molecule has 1 unspecified atom stereocenters. The average molecular weight is 696 g/mol. The molecule has 13 nitrogen and oxygen atoms in total. The Hall–Kier alpha value is -4.42. The topological polar surface area (TPSA) is 213 Å². The summed E-state index contributed by atoms with van der Waals surface area (Å²) in [7, 11) is 0. The molecule has 2 amide bonds. The molecule has 2 aromatic rings. The first-order valence-corrected chi connectivity index (χ1v) is 17.5. The highest BCUT2D eigenvalue weighted by Gasteiger charge is 2.50. The molecule has 2 aliphatic rings. The second-order valence-electron chi connectivity index (χ2n) is 12.4. The van der Waals surface area contributed by atoms with Gasteiger partial charge in [0.1, 0.15) is 24.2 Å². The number of nitrogens with one attached hydrogen (secondary N) is 1. The summed E-state index contributed by atoms with van der Waals surface area (Å²) in [6.07, 6.45) is 8.70. The normalized spacial score (nSPS) is 17.7. The number of rotatable bonds is 19.